The van der Waals surface area contributed by atoms with E-state index < -0.39 is 23.4 Å². The molecule has 5 heteroatoms. The number of ether oxygens (including phenoxy) is 1. The van der Waals surface area contributed by atoms with Crippen LogP contribution in [-0.4, -0.2) is 35.1 Å². The van der Waals surface area contributed by atoms with E-state index in [1.165, 1.54) is 6.92 Å². The lowest BCUT2D eigenvalue weighted by molar-refractivity contribution is -0.168. The third kappa shape index (κ3) is 2.78. The van der Waals surface area contributed by atoms with Gasteiger partial charge >= 0.3 is 5.97 Å². The second-order valence-corrected chi connectivity index (χ2v) is 2.95. The van der Waals surface area contributed by atoms with Crippen LogP contribution < -0.4 is 5.73 Å². The predicted octanol–water partition coefficient (Wildman–Crippen LogP) is -0.783. The van der Waals surface area contributed by atoms with Crippen molar-refractivity contribution in [2.75, 3.05) is 6.61 Å². The van der Waals surface area contributed by atoms with Gasteiger partial charge in [0.15, 0.2) is 5.78 Å². The van der Waals surface area contributed by atoms with E-state index in [0.717, 1.165) is 6.92 Å². The Morgan fingerprint density at radius 1 is 1.62 bits per heavy atom. The number of rotatable bonds is 4. The lowest BCUT2D eigenvalue weighted by Gasteiger charge is -2.20. The number of carbonyl (C=O) groups is 2. The molecule has 0 bridgehead atoms. The van der Waals surface area contributed by atoms with E-state index in [4.69, 9.17) is 5.73 Å². The molecule has 0 aliphatic carbocycles. The summed E-state index contributed by atoms with van der Waals surface area (Å²) in [4.78, 5) is 22.3. The Morgan fingerprint density at radius 2 is 2.08 bits per heavy atom. The van der Waals surface area contributed by atoms with Gasteiger partial charge in [-0.2, -0.15) is 0 Å². The van der Waals surface area contributed by atoms with E-state index in [1.807, 2.05) is 0 Å². The first-order valence-corrected chi connectivity index (χ1v) is 4.03. The Balaban J connectivity index is 4.55. The normalized spacial score (nSPS) is 17.3. The van der Waals surface area contributed by atoms with Gasteiger partial charge in [-0.05, 0) is 20.8 Å². The topological polar surface area (TPSA) is 89.6 Å². The number of aliphatic hydroxyl groups is 1. The summed E-state index contributed by atoms with van der Waals surface area (Å²) < 4.78 is 4.51. The largest absolute Gasteiger partial charge is 0.464 e. The third-order valence-corrected chi connectivity index (χ3v) is 1.57. The number of hydrogen-bond acceptors (Lipinski definition) is 5. The van der Waals surface area contributed by atoms with Crippen molar-refractivity contribution < 1.29 is 19.4 Å². The molecule has 3 N–H and O–H groups in total. The summed E-state index contributed by atoms with van der Waals surface area (Å²) in [5, 5.41) is 9.45. The first kappa shape index (κ1) is 12.1. The average molecular weight is 189 g/mol. The molecule has 0 fully saturated rings. The second-order valence-electron chi connectivity index (χ2n) is 2.95. The molecule has 13 heavy (non-hydrogen) atoms. The van der Waals surface area contributed by atoms with Crippen LogP contribution in [0.5, 0.6) is 0 Å². The third-order valence-electron chi connectivity index (χ3n) is 1.57. The highest BCUT2D eigenvalue weighted by Gasteiger charge is 2.41. The van der Waals surface area contributed by atoms with E-state index in [-0.39, 0.29) is 6.61 Å². The molecule has 0 aliphatic rings. The van der Waals surface area contributed by atoms with Crippen molar-refractivity contribution in [3.05, 3.63) is 0 Å². The molecule has 2 atom stereocenters. The number of hydrogen-bond donors (Lipinski definition) is 2. The molecule has 0 spiro atoms. The van der Waals surface area contributed by atoms with Gasteiger partial charge < -0.3 is 15.6 Å². The van der Waals surface area contributed by atoms with Crippen molar-refractivity contribution in [2.45, 2.75) is 32.4 Å². The van der Waals surface area contributed by atoms with Crippen LogP contribution in [0.1, 0.15) is 20.8 Å². The molecule has 5 nitrogen and oxygen atoms in total. The summed E-state index contributed by atoms with van der Waals surface area (Å²) >= 11 is 0. The van der Waals surface area contributed by atoms with Gasteiger partial charge in [0.05, 0.1) is 12.6 Å². The highest BCUT2D eigenvalue weighted by Crippen LogP contribution is 2.09. The minimum atomic E-state index is -2.13. The van der Waals surface area contributed by atoms with Crippen LogP contribution in [-0.2, 0) is 14.3 Å². The number of nitrogens with two attached hydrogens (primary N) is 1. The van der Waals surface area contributed by atoms with E-state index in [0.29, 0.717) is 0 Å². The van der Waals surface area contributed by atoms with E-state index in [9.17, 15) is 14.7 Å². The Hall–Kier alpha value is -0.940. The summed E-state index contributed by atoms with van der Waals surface area (Å²) in [6, 6.07) is -0.889. The molecular weight excluding hydrogens is 174 g/mol. The maximum atomic E-state index is 11.2. The first-order valence-electron chi connectivity index (χ1n) is 4.03. The zero-order valence-corrected chi connectivity index (χ0v) is 8.03. The molecular formula is C8H15NO4. The van der Waals surface area contributed by atoms with Crippen LogP contribution in [0.3, 0.4) is 0 Å². The maximum absolute atomic E-state index is 11.2. The number of ketones is 1. The summed E-state index contributed by atoms with van der Waals surface area (Å²) in [5.41, 5.74) is 3.10. The smallest absolute Gasteiger partial charge is 0.345 e. The predicted molar refractivity (Wildman–Crippen MR) is 45.9 cm³/mol. The SMILES string of the molecule is CCOC(=O)C(C)(O)C(=O)C(C)N. The van der Waals surface area contributed by atoms with Crippen molar-refractivity contribution in [1.82, 2.24) is 0 Å². The summed E-state index contributed by atoms with van der Waals surface area (Å²) in [7, 11) is 0. The molecule has 0 radical (unpaired) electrons. The fourth-order valence-electron chi connectivity index (χ4n) is 0.816. The van der Waals surface area contributed by atoms with Crippen molar-refractivity contribution in [2.24, 2.45) is 5.73 Å². The first-order chi connectivity index (χ1) is 5.84. The van der Waals surface area contributed by atoms with Crippen LogP contribution in [0, 0.1) is 0 Å². The van der Waals surface area contributed by atoms with Gasteiger partial charge in [-0.25, -0.2) is 4.79 Å². The Labute approximate surface area is 76.9 Å². The van der Waals surface area contributed by atoms with Crippen molar-refractivity contribution in [1.29, 1.82) is 0 Å². The molecule has 0 amide bonds. The molecule has 0 aromatic carbocycles. The lowest BCUT2D eigenvalue weighted by Crippen LogP contribution is -2.51. The molecule has 0 aliphatic heterocycles. The molecule has 76 valence electrons. The van der Waals surface area contributed by atoms with E-state index >= 15 is 0 Å². The number of carbonyl (C=O) groups excluding carboxylic acids is 2. The second kappa shape index (κ2) is 4.34. The van der Waals surface area contributed by atoms with Crippen LogP contribution in [0.25, 0.3) is 0 Å². The number of esters is 1. The molecule has 0 aromatic heterocycles. The van der Waals surface area contributed by atoms with E-state index in [2.05, 4.69) is 4.74 Å². The van der Waals surface area contributed by atoms with Crippen molar-refractivity contribution in [3.8, 4) is 0 Å². The van der Waals surface area contributed by atoms with Crippen LogP contribution in [0.2, 0.25) is 0 Å². The van der Waals surface area contributed by atoms with Gasteiger partial charge in [0.2, 0.25) is 5.60 Å². The molecule has 2 unspecified atom stereocenters. The molecule has 0 heterocycles. The van der Waals surface area contributed by atoms with Gasteiger partial charge in [-0.15, -0.1) is 0 Å². The quantitative estimate of drug-likeness (QED) is 0.447. The van der Waals surface area contributed by atoms with Gasteiger partial charge in [0, 0.05) is 0 Å². The lowest BCUT2D eigenvalue weighted by atomic mass is 9.96. The minimum absolute atomic E-state index is 0.112. The molecule has 0 rings (SSSR count). The molecule has 0 saturated carbocycles. The highest BCUT2D eigenvalue weighted by atomic mass is 16.5. The highest BCUT2D eigenvalue weighted by molar-refractivity contribution is 6.08. The fourth-order valence-corrected chi connectivity index (χ4v) is 0.816. The maximum Gasteiger partial charge on any atom is 0.345 e. The van der Waals surface area contributed by atoms with Gasteiger partial charge in [-0.1, -0.05) is 0 Å². The fraction of sp³-hybridized carbons (Fsp3) is 0.750. The minimum Gasteiger partial charge on any atom is -0.464 e. The Morgan fingerprint density at radius 3 is 2.38 bits per heavy atom. The number of Topliss-reactive ketones (excluding diaryl/α,β-unsaturated/α-hetero) is 1. The summed E-state index contributed by atoms with van der Waals surface area (Å²) in [6.07, 6.45) is 0. The standard InChI is InChI=1S/C8H15NO4/c1-4-13-7(11)8(3,12)6(10)5(2)9/h5,12H,4,9H2,1-3H3. The van der Waals surface area contributed by atoms with Gasteiger partial charge in [0.25, 0.3) is 0 Å². The monoisotopic (exact) mass is 189 g/mol. The molecule has 0 aromatic rings. The van der Waals surface area contributed by atoms with Gasteiger partial charge in [-0.3, -0.25) is 4.79 Å². The van der Waals surface area contributed by atoms with Crippen LogP contribution >= 0.6 is 0 Å². The van der Waals surface area contributed by atoms with Crippen LogP contribution in [0.4, 0.5) is 0 Å². The Kier molecular flexibility index (Phi) is 4.03. The summed E-state index contributed by atoms with van der Waals surface area (Å²) in [5.74, 6) is -1.71. The van der Waals surface area contributed by atoms with Crippen molar-refractivity contribution >= 4 is 11.8 Å². The zero-order valence-electron chi connectivity index (χ0n) is 8.03. The van der Waals surface area contributed by atoms with E-state index in [1.54, 1.807) is 6.92 Å². The zero-order chi connectivity index (χ0) is 10.6. The Bertz CT molecular complexity index is 210. The van der Waals surface area contributed by atoms with Crippen LogP contribution in [0.15, 0.2) is 0 Å². The average Bonchev–Trinajstić information content (AvgIpc) is 2.03. The van der Waals surface area contributed by atoms with Crippen molar-refractivity contribution in [3.63, 3.8) is 0 Å². The molecule has 0 saturated heterocycles. The summed E-state index contributed by atoms with van der Waals surface area (Å²) in [6.45, 7) is 4.18. The van der Waals surface area contributed by atoms with Gasteiger partial charge in [0.1, 0.15) is 0 Å².